The first kappa shape index (κ1) is 18.9. The minimum atomic E-state index is -0.583. The number of aromatic nitrogens is 2. The minimum Gasteiger partial charge on any atom is -0.354 e. The van der Waals surface area contributed by atoms with Crippen molar-refractivity contribution in [3.63, 3.8) is 0 Å². The van der Waals surface area contributed by atoms with Crippen molar-refractivity contribution in [3.8, 4) is 5.69 Å². The Labute approximate surface area is 161 Å². The van der Waals surface area contributed by atoms with Crippen LogP contribution in [0.5, 0.6) is 0 Å². The molecule has 0 unspecified atom stereocenters. The summed E-state index contributed by atoms with van der Waals surface area (Å²) in [6.45, 7) is 4.31. The maximum absolute atomic E-state index is 13.1. The number of nitrogens with zero attached hydrogens (tertiary/aromatic N) is 2. The molecule has 0 aliphatic carbocycles. The lowest BCUT2D eigenvalue weighted by atomic mass is 10.2. The number of nitrogens with one attached hydrogen (secondary N) is 1. The Balaban J connectivity index is 2.19. The van der Waals surface area contributed by atoms with Crippen molar-refractivity contribution in [2.24, 2.45) is 5.92 Å². The summed E-state index contributed by atoms with van der Waals surface area (Å²) in [5, 5.41) is 3.56. The third-order valence-electron chi connectivity index (χ3n) is 4.13. The van der Waals surface area contributed by atoms with Crippen LogP contribution in [0.4, 0.5) is 0 Å². The van der Waals surface area contributed by atoms with Gasteiger partial charge >= 0.3 is 5.69 Å². The van der Waals surface area contributed by atoms with E-state index in [1.54, 1.807) is 48.5 Å². The third-order valence-corrected chi connectivity index (χ3v) is 4.36. The van der Waals surface area contributed by atoms with Gasteiger partial charge in [-0.15, -0.1) is 0 Å². The van der Waals surface area contributed by atoms with Gasteiger partial charge in [-0.2, -0.15) is 0 Å². The molecule has 140 valence electrons. The van der Waals surface area contributed by atoms with Gasteiger partial charge in [0, 0.05) is 11.6 Å². The van der Waals surface area contributed by atoms with Crippen LogP contribution in [0.1, 0.15) is 13.8 Å². The molecular formula is C20H20ClN3O3. The second-order valence-corrected chi connectivity index (χ2v) is 7.14. The fourth-order valence-electron chi connectivity index (χ4n) is 2.83. The molecule has 0 aliphatic rings. The number of rotatable bonds is 5. The van der Waals surface area contributed by atoms with Crippen molar-refractivity contribution in [1.29, 1.82) is 0 Å². The Kier molecular flexibility index (Phi) is 5.46. The van der Waals surface area contributed by atoms with E-state index in [-0.39, 0.29) is 12.5 Å². The van der Waals surface area contributed by atoms with Gasteiger partial charge in [-0.3, -0.25) is 14.2 Å². The second-order valence-electron chi connectivity index (χ2n) is 6.70. The summed E-state index contributed by atoms with van der Waals surface area (Å²) in [5.74, 6) is 0.00933. The van der Waals surface area contributed by atoms with Gasteiger partial charge in [-0.1, -0.05) is 43.6 Å². The van der Waals surface area contributed by atoms with E-state index in [4.69, 9.17) is 11.6 Å². The summed E-state index contributed by atoms with van der Waals surface area (Å²) < 4.78 is 2.36. The van der Waals surface area contributed by atoms with Crippen LogP contribution in [-0.2, 0) is 11.3 Å². The molecule has 1 amide bonds. The first-order valence-electron chi connectivity index (χ1n) is 8.65. The van der Waals surface area contributed by atoms with E-state index in [1.165, 1.54) is 4.57 Å². The number of hydrogen-bond donors (Lipinski definition) is 1. The summed E-state index contributed by atoms with van der Waals surface area (Å²) in [5.41, 5.74) is -0.248. The Morgan fingerprint density at radius 3 is 2.56 bits per heavy atom. The largest absolute Gasteiger partial charge is 0.354 e. The van der Waals surface area contributed by atoms with Gasteiger partial charge in [0.05, 0.1) is 16.6 Å². The van der Waals surface area contributed by atoms with Gasteiger partial charge in [0.25, 0.3) is 5.56 Å². The fourth-order valence-corrected chi connectivity index (χ4v) is 3.02. The number of benzene rings is 2. The van der Waals surface area contributed by atoms with E-state index in [0.717, 1.165) is 4.57 Å². The van der Waals surface area contributed by atoms with Crippen LogP contribution in [0.15, 0.2) is 58.1 Å². The number of amides is 1. The van der Waals surface area contributed by atoms with Crippen molar-refractivity contribution < 1.29 is 4.79 Å². The van der Waals surface area contributed by atoms with E-state index in [0.29, 0.717) is 34.1 Å². The SMILES string of the molecule is CC(C)CNC(=O)Cn1c(=O)n(-c2cccc(Cl)c2)c(=O)c2ccccc21. The first-order valence-corrected chi connectivity index (χ1v) is 9.03. The Hall–Kier alpha value is -2.86. The van der Waals surface area contributed by atoms with E-state index < -0.39 is 11.2 Å². The van der Waals surface area contributed by atoms with Crippen LogP contribution < -0.4 is 16.6 Å². The van der Waals surface area contributed by atoms with E-state index >= 15 is 0 Å². The summed E-state index contributed by atoms with van der Waals surface area (Å²) in [7, 11) is 0. The quantitative estimate of drug-likeness (QED) is 0.733. The lowest BCUT2D eigenvalue weighted by Gasteiger charge is -2.15. The highest BCUT2D eigenvalue weighted by Gasteiger charge is 2.16. The molecular weight excluding hydrogens is 366 g/mol. The molecule has 3 rings (SSSR count). The average molecular weight is 386 g/mol. The molecule has 0 bridgehead atoms. The maximum Gasteiger partial charge on any atom is 0.336 e. The third kappa shape index (κ3) is 3.95. The molecule has 7 heteroatoms. The number of fused-ring (bicyclic) bond motifs is 1. The lowest BCUT2D eigenvalue weighted by molar-refractivity contribution is -0.121. The zero-order valence-corrected chi connectivity index (χ0v) is 15.9. The van der Waals surface area contributed by atoms with Crippen LogP contribution in [0.2, 0.25) is 5.02 Å². The molecule has 27 heavy (non-hydrogen) atoms. The monoisotopic (exact) mass is 385 g/mol. The van der Waals surface area contributed by atoms with Gasteiger partial charge in [0.2, 0.25) is 5.91 Å². The Morgan fingerprint density at radius 2 is 1.85 bits per heavy atom. The summed E-state index contributed by atoms with van der Waals surface area (Å²) in [6.07, 6.45) is 0. The average Bonchev–Trinajstić information content (AvgIpc) is 2.64. The molecule has 0 atom stereocenters. The van der Waals surface area contributed by atoms with Crippen molar-refractivity contribution in [2.75, 3.05) is 6.54 Å². The minimum absolute atomic E-state index is 0.174. The van der Waals surface area contributed by atoms with E-state index in [1.807, 2.05) is 13.8 Å². The molecule has 1 N–H and O–H groups in total. The van der Waals surface area contributed by atoms with Crippen LogP contribution in [-0.4, -0.2) is 21.6 Å². The number of para-hydroxylation sites is 1. The molecule has 0 saturated carbocycles. The molecule has 0 aliphatic heterocycles. The molecule has 0 saturated heterocycles. The molecule has 0 radical (unpaired) electrons. The van der Waals surface area contributed by atoms with Crippen LogP contribution in [0, 0.1) is 5.92 Å². The summed E-state index contributed by atoms with van der Waals surface area (Å²) >= 11 is 6.02. The molecule has 1 aromatic heterocycles. The molecule has 1 heterocycles. The maximum atomic E-state index is 13.1. The zero-order chi connectivity index (χ0) is 19.6. The number of carbonyl (C=O) groups excluding carboxylic acids is 1. The highest BCUT2D eigenvalue weighted by molar-refractivity contribution is 6.30. The highest BCUT2D eigenvalue weighted by Crippen LogP contribution is 2.14. The van der Waals surface area contributed by atoms with Crippen LogP contribution in [0.25, 0.3) is 16.6 Å². The number of carbonyl (C=O) groups is 1. The van der Waals surface area contributed by atoms with Gasteiger partial charge < -0.3 is 5.32 Å². The highest BCUT2D eigenvalue weighted by atomic mass is 35.5. The van der Waals surface area contributed by atoms with Crippen molar-refractivity contribution in [2.45, 2.75) is 20.4 Å². The molecule has 0 fully saturated rings. The summed E-state index contributed by atoms with van der Waals surface area (Å²) in [4.78, 5) is 38.3. The van der Waals surface area contributed by atoms with Crippen molar-refractivity contribution in [1.82, 2.24) is 14.5 Å². The molecule has 6 nitrogen and oxygen atoms in total. The normalized spacial score (nSPS) is 11.1. The lowest BCUT2D eigenvalue weighted by Crippen LogP contribution is -2.42. The fraction of sp³-hybridized carbons (Fsp3) is 0.250. The first-order chi connectivity index (χ1) is 12.9. The Morgan fingerprint density at radius 1 is 1.11 bits per heavy atom. The van der Waals surface area contributed by atoms with Gasteiger partial charge in [-0.05, 0) is 36.2 Å². The van der Waals surface area contributed by atoms with Crippen molar-refractivity contribution in [3.05, 3.63) is 74.4 Å². The zero-order valence-electron chi connectivity index (χ0n) is 15.1. The number of halogens is 1. The summed E-state index contributed by atoms with van der Waals surface area (Å²) in [6, 6.07) is 13.3. The Bertz CT molecular complexity index is 1120. The van der Waals surface area contributed by atoms with Crippen LogP contribution >= 0.6 is 11.6 Å². The van der Waals surface area contributed by atoms with Gasteiger partial charge in [-0.25, -0.2) is 9.36 Å². The predicted molar refractivity (Wildman–Crippen MR) is 107 cm³/mol. The van der Waals surface area contributed by atoms with Gasteiger partial charge in [0.1, 0.15) is 6.54 Å². The molecule has 0 spiro atoms. The second kappa shape index (κ2) is 7.80. The van der Waals surface area contributed by atoms with Crippen molar-refractivity contribution >= 4 is 28.4 Å². The number of hydrogen-bond acceptors (Lipinski definition) is 3. The van der Waals surface area contributed by atoms with Crippen LogP contribution in [0.3, 0.4) is 0 Å². The smallest absolute Gasteiger partial charge is 0.336 e. The predicted octanol–water partition coefficient (Wildman–Crippen LogP) is 2.58. The molecule has 3 aromatic rings. The topological polar surface area (TPSA) is 73.1 Å². The standard InChI is InChI=1S/C20H20ClN3O3/c1-13(2)11-22-18(25)12-23-17-9-4-3-8-16(17)19(26)24(20(23)27)15-7-5-6-14(21)10-15/h3-10,13H,11-12H2,1-2H3,(H,22,25). The van der Waals surface area contributed by atoms with E-state index in [9.17, 15) is 14.4 Å². The molecule has 2 aromatic carbocycles. The van der Waals surface area contributed by atoms with Gasteiger partial charge in [0.15, 0.2) is 0 Å². The van der Waals surface area contributed by atoms with E-state index in [2.05, 4.69) is 5.32 Å².